The zero-order chi connectivity index (χ0) is 22.9. The SMILES string of the molecule is Cc1ccc(S(=O)(=O)N2CCC(c3nc(C(=O)Nc4ccc(Cl)nc4)cs3)CC2)cc1Cl. The number of amides is 1. The third-order valence-corrected chi connectivity index (χ3v) is 8.86. The number of nitrogens with one attached hydrogen (secondary N) is 1. The van der Waals surface area contributed by atoms with Crippen LogP contribution < -0.4 is 5.32 Å². The lowest BCUT2D eigenvalue weighted by molar-refractivity contribution is 0.102. The second kappa shape index (κ2) is 9.44. The Kier molecular flexibility index (Phi) is 6.83. The Morgan fingerprint density at radius 2 is 1.94 bits per heavy atom. The Labute approximate surface area is 200 Å². The molecule has 32 heavy (non-hydrogen) atoms. The number of rotatable bonds is 5. The number of anilines is 1. The van der Waals surface area contributed by atoms with Crippen molar-refractivity contribution in [1.29, 1.82) is 0 Å². The van der Waals surface area contributed by atoms with Crippen molar-refractivity contribution in [2.75, 3.05) is 18.4 Å². The van der Waals surface area contributed by atoms with Gasteiger partial charge in [0.2, 0.25) is 10.0 Å². The van der Waals surface area contributed by atoms with E-state index in [9.17, 15) is 13.2 Å². The van der Waals surface area contributed by atoms with Gasteiger partial charge in [0.15, 0.2) is 0 Å². The highest BCUT2D eigenvalue weighted by Gasteiger charge is 2.31. The maximum atomic E-state index is 13.0. The number of benzene rings is 1. The van der Waals surface area contributed by atoms with Gasteiger partial charge in [-0.1, -0.05) is 29.3 Å². The number of aromatic nitrogens is 2. The van der Waals surface area contributed by atoms with Crippen LogP contribution in [0.3, 0.4) is 0 Å². The van der Waals surface area contributed by atoms with Gasteiger partial charge in [0.25, 0.3) is 5.91 Å². The minimum atomic E-state index is -3.60. The number of hydrogen-bond donors (Lipinski definition) is 1. The van der Waals surface area contributed by atoms with E-state index in [0.29, 0.717) is 47.5 Å². The molecule has 0 radical (unpaired) electrons. The minimum absolute atomic E-state index is 0.104. The van der Waals surface area contributed by atoms with E-state index in [2.05, 4.69) is 15.3 Å². The van der Waals surface area contributed by atoms with Gasteiger partial charge in [-0.25, -0.2) is 18.4 Å². The average molecular weight is 511 g/mol. The Morgan fingerprint density at radius 1 is 1.19 bits per heavy atom. The maximum Gasteiger partial charge on any atom is 0.275 e. The normalized spacial score (nSPS) is 15.6. The molecule has 168 valence electrons. The van der Waals surface area contributed by atoms with Gasteiger partial charge in [-0.2, -0.15) is 4.31 Å². The lowest BCUT2D eigenvalue weighted by Gasteiger charge is -2.30. The minimum Gasteiger partial charge on any atom is -0.319 e. The molecule has 1 saturated heterocycles. The van der Waals surface area contributed by atoms with Crippen molar-refractivity contribution in [1.82, 2.24) is 14.3 Å². The highest BCUT2D eigenvalue weighted by molar-refractivity contribution is 7.89. The molecule has 1 amide bonds. The number of pyridine rings is 1. The second-order valence-electron chi connectivity index (χ2n) is 7.48. The Bertz CT molecular complexity index is 1240. The molecule has 4 rings (SSSR count). The largest absolute Gasteiger partial charge is 0.319 e. The van der Waals surface area contributed by atoms with Gasteiger partial charge in [0.05, 0.1) is 21.8 Å². The number of sulfonamides is 1. The summed E-state index contributed by atoms with van der Waals surface area (Å²) in [4.78, 5) is 21.1. The van der Waals surface area contributed by atoms with E-state index in [4.69, 9.17) is 23.2 Å². The summed E-state index contributed by atoms with van der Waals surface area (Å²) in [5.41, 5.74) is 1.69. The van der Waals surface area contributed by atoms with Crippen LogP contribution in [0.25, 0.3) is 0 Å². The van der Waals surface area contributed by atoms with Crippen LogP contribution in [0.15, 0.2) is 46.8 Å². The van der Waals surface area contributed by atoms with Crippen molar-refractivity contribution in [2.45, 2.75) is 30.6 Å². The van der Waals surface area contributed by atoms with Gasteiger partial charge in [-0.15, -0.1) is 11.3 Å². The average Bonchev–Trinajstić information content (AvgIpc) is 3.28. The predicted molar refractivity (Wildman–Crippen MR) is 126 cm³/mol. The summed E-state index contributed by atoms with van der Waals surface area (Å²) in [6, 6.07) is 8.06. The van der Waals surface area contributed by atoms with Gasteiger partial charge in [0, 0.05) is 29.4 Å². The van der Waals surface area contributed by atoms with Gasteiger partial charge >= 0.3 is 0 Å². The quantitative estimate of drug-likeness (QED) is 0.488. The number of hydrogen-bond acceptors (Lipinski definition) is 6. The van der Waals surface area contributed by atoms with E-state index in [1.165, 1.54) is 27.9 Å². The Morgan fingerprint density at radius 3 is 2.59 bits per heavy atom. The smallest absolute Gasteiger partial charge is 0.275 e. The Balaban J connectivity index is 1.39. The van der Waals surface area contributed by atoms with Crippen LogP contribution in [0.1, 0.15) is 39.8 Å². The first-order valence-corrected chi connectivity index (χ1v) is 13.0. The fourth-order valence-corrected chi connectivity index (χ4v) is 6.28. The summed E-state index contributed by atoms with van der Waals surface area (Å²) >= 11 is 13.3. The molecule has 1 N–H and O–H groups in total. The van der Waals surface area contributed by atoms with Gasteiger partial charge in [-0.3, -0.25) is 4.79 Å². The van der Waals surface area contributed by atoms with Crippen molar-refractivity contribution >= 4 is 56.2 Å². The van der Waals surface area contributed by atoms with Crippen molar-refractivity contribution in [3.8, 4) is 0 Å². The summed E-state index contributed by atoms with van der Waals surface area (Å²) in [5, 5.41) is 6.07. The van der Waals surface area contributed by atoms with Crippen LogP contribution in [0.5, 0.6) is 0 Å². The zero-order valence-corrected chi connectivity index (χ0v) is 20.2. The molecule has 0 unspecified atom stereocenters. The summed E-state index contributed by atoms with van der Waals surface area (Å²) in [6.45, 7) is 2.60. The van der Waals surface area contributed by atoms with E-state index < -0.39 is 10.0 Å². The van der Waals surface area contributed by atoms with Crippen LogP contribution in [-0.4, -0.2) is 41.7 Å². The zero-order valence-electron chi connectivity index (χ0n) is 17.1. The molecule has 0 bridgehead atoms. The van der Waals surface area contributed by atoms with E-state index in [-0.39, 0.29) is 16.7 Å². The number of thiazole rings is 1. The van der Waals surface area contributed by atoms with Crippen molar-refractivity contribution < 1.29 is 13.2 Å². The molecular weight excluding hydrogens is 491 g/mol. The number of halogens is 2. The number of aryl methyl sites for hydroxylation is 1. The molecule has 1 aromatic carbocycles. The third-order valence-electron chi connectivity index (χ3n) is 5.32. The molecule has 0 aliphatic carbocycles. The first-order valence-electron chi connectivity index (χ1n) is 9.88. The molecular formula is C21H20Cl2N4O3S2. The molecule has 1 aliphatic heterocycles. The first kappa shape index (κ1) is 23.1. The number of nitrogens with zero attached hydrogens (tertiary/aromatic N) is 3. The van der Waals surface area contributed by atoms with Crippen LogP contribution >= 0.6 is 34.5 Å². The molecule has 0 saturated carbocycles. The maximum absolute atomic E-state index is 13.0. The highest BCUT2D eigenvalue weighted by Crippen LogP contribution is 2.33. The van der Waals surface area contributed by atoms with Crippen LogP contribution in [-0.2, 0) is 10.0 Å². The molecule has 1 fully saturated rings. The van der Waals surface area contributed by atoms with Crippen molar-refractivity contribution in [3.63, 3.8) is 0 Å². The van der Waals surface area contributed by atoms with Gasteiger partial charge in [0.1, 0.15) is 10.8 Å². The monoisotopic (exact) mass is 510 g/mol. The summed E-state index contributed by atoms with van der Waals surface area (Å²) in [5.74, 6) is -0.223. The van der Waals surface area contributed by atoms with Crippen LogP contribution in [0.4, 0.5) is 5.69 Å². The molecule has 2 aromatic heterocycles. The van der Waals surface area contributed by atoms with Gasteiger partial charge < -0.3 is 5.32 Å². The standard InChI is InChI=1S/C21H20Cl2N4O3S2/c1-13-2-4-16(10-17(13)22)32(29,30)27-8-6-14(7-9-27)21-26-18(12-31-21)20(28)25-15-3-5-19(23)24-11-15/h2-5,10-12,14H,6-9H2,1H3,(H,25,28). The fourth-order valence-electron chi connectivity index (χ4n) is 3.45. The number of carbonyl (C=O) groups is 1. The molecule has 3 heterocycles. The molecule has 0 atom stereocenters. The lowest BCUT2D eigenvalue weighted by Crippen LogP contribution is -2.37. The van der Waals surface area contributed by atoms with E-state index in [1.54, 1.807) is 29.6 Å². The summed E-state index contributed by atoms with van der Waals surface area (Å²) in [7, 11) is -3.60. The predicted octanol–water partition coefficient (Wildman–Crippen LogP) is 4.97. The third kappa shape index (κ3) is 4.97. The highest BCUT2D eigenvalue weighted by atomic mass is 35.5. The van der Waals surface area contributed by atoms with E-state index >= 15 is 0 Å². The first-order chi connectivity index (χ1) is 15.2. The molecule has 1 aliphatic rings. The summed E-state index contributed by atoms with van der Waals surface area (Å²) in [6.07, 6.45) is 2.74. The fraction of sp³-hybridized carbons (Fsp3) is 0.286. The topological polar surface area (TPSA) is 92.3 Å². The van der Waals surface area contributed by atoms with E-state index in [1.807, 2.05) is 6.92 Å². The van der Waals surface area contributed by atoms with Crippen LogP contribution in [0, 0.1) is 6.92 Å². The van der Waals surface area contributed by atoms with Crippen molar-refractivity contribution in [3.05, 3.63) is 68.3 Å². The van der Waals surface area contributed by atoms with Crippen LogP contribution in [0.2, 0.25) is 10.2 Å². The van der Waals surface area contributed by atoms with Gasteiger partial charge in [-0.05, 0) is 49.6 Å². The second-order valence-corrected chi connectivity index (χ2v) is 11.1. The molecule has 7 nitrogen and oxygen atoms in total. The lowest BCUT2D eigenvalue weighted by atomic mass is 9.99. The number of piperidine rings is 1. The molecule has 0 spiro atoms. The number of carbonyl (C=O) groups excluding carboxylic acids is 1. The van der Waals surface area contributed by atoms with E-state index in [0.717, 1.165) is 10.6 Å². The van der Waals surface area contributed by atoms with Crippen molar-refractivity contribution in [2.24, 2.45) is 0 Å². The molecule has 11 heteroatoms. The summed E-state index contributed by atoms with van der Waals surface area (Å²) < 4.78 is 27.4. The molecule has 3 aromatic rings. The Hall–Kier alpha value is -2.04.